The molecule has 72 valence electrons. The van der Waals surface area contributed by atoms with Gasteiger partial charge in [-0.05, 0) is 24.5 Å². The predicted octanol–water partition coefficient (Wildman–Crippen LogP) is 2.94. The van der Waals surface area contributed by atoms with Gasteiger partial charge in [0.1, 0.15) is 0 Å². The highest BCUT2D eigenvalue weighted by atomic mass is 32.2. The lowest BCUT2D eigenvalue weighted by atomic mass is 10.1. The van der Waals surface area contributed by atoms with Gasteiger partial charge in [0, 0.05) is 11.4 Å². The van der Waals surface area contributed by atoms with Crippen LogP contribution in [0.15, 0.2) is 0 Å². The highest BCUT2D eigenvalue weighted by Gasteiger charge is 2.17. The number of hydrogen-bond donors (Lipinski definition) is 0. The summed E-state index contributed by atoms with van der Waals surface area (Å²) in [7, 11) is 0. The largest absolute Gasteiger partial charge is 0.381 e. The van der Waals surface area contributed by atoms with Crippen LogP contribution >= 0.6 is 11.8 Å². The Morgan fingerprint density at radius 2 is 2.17 bits per heavy atom. The van der Waals surface area contributed by atoms with Crippen molar-refractivity contribution in [2.75, 3.05) is 19.0 Å². The monoisotopic (exact) mass is 188 g/mol. The summed E-state index contributed by atoms with van der Waals surface area (Å²) in [5.41, 5.74) is 0. The molecule has 0 spiro atoms. The van der Waals surface area contributed by atoms with Gasteiger partial charge in [-0.15, -0.1) is 0 Å². The standard InChI is InChI=1S/C10H20OS/c1-10(2,3)12-8-9-5-4-6-11-7-9/h9H,4-8H2,1-3H3. The molecule has 1 atom stereocenters. The molecule has 1 rings (SSSR count). The van der Waals surface area contributed by atoms with Gasteiger partial charge in [-0.1, -0.05) is 20.8 Å². The lowest BCUT2D eigenvalue weighted by Crippen LogP contribution is -2.21. The lowest BCUT2D eigenvalue weighted by Gasteiger charge is -2.25. The highest BCUT2D eigenvalue weighted by molar-refractivity contribution is 8.00. The van der Waals surface area contributed by atoms with Crippen molar-refractivity contribution in [1.29, 1.82) is 0 Å². The smallest absolute Gasteiger partial charge is 0.0502 e. The average molecular weight is 188 g/mol. The molecular weight excluding hydrogens is 168 g/mol. The van der Waals surface area contributed by atoms with E-state index in [0.29, 0.717) is 4.75 Å². The molecule has 0 amide bonds. The van der Waals surface area contributed by atoms with E-state index in [4.69, 9.17) is 4.74 Å². The van der Waals surface area contributed by atoms with Gasteiger partial charge >= 0.3 is 0 Å². The van der Waals surface area contributed by atoms with Gasteiger partial charge in [-0.25, -0.2) is 0 Å². The Bertz CT molecular complexity index is 122. The summed E-state index contributed by atoms with van der Waals surface area (Å²) < 4.78 is 5.85. The molecule has 0 aliphatic carbocycles. The Morgan fingerprint density at radius 1 is 1.42 bits per heavy atom. The number of hydrogen-bond acceptors (Lipinski definition) is 2. The molecule has 1 nitrogen and oxygen atoms in total. The molecule has 1 aliphatic heterocycles. The van der Waals surface area contributed by atoms with Crippen LogP contribution in [0.1, 0.15) is 33.6 Å². The van der Waals surface area contributed by atoms with Crippen LogP contribution in [0.25, 0.3) is 0 Å². The zero-order valence-corrected chi connectivity index (χ0v) is 9.25. The van der Waals surface area contributed by atoms with Crippen LogP contribution in [-0.2, 0) is 4.74 Å². The molecule has 12 heavy (non-hydrogen) atoms. The maximum Gasteiger partial charge on any atom is 0.0502 e. The zero-order valence-electron chi connectivity index (χ0n) is 8.43. The predicted molar refractivity (Wildman–Crippen MR) is 55.8 cm³/mol. The lowest BCUT2D eigenvalue weighted by molar-refractivity contribution is 0.0631. The molecule has 0 bridgehead atoms. The second-order valence-electron chi connectivity index (χ2n) is 4.51. The summed E-state index contributed by atoms with van der Waals surface area (Å²) >= 11 is 2.06. The van der Waals surface area contributed by atoms with Crippen LogP contribution in [0.4, 0.5) is 0 Å². The van der Waals surface area contributed by atoms with Gasteiger partial charge < -0.3 is 4.74 Å². The molecule has 0 aromatic heterocycles. The van der Waals surface area contributed by atoms with Gasteiger partial charge in [0.15, 0.2) is 0 Å². The van der Waals surface area contributed by atoms with E-state index in [-0.39, 0.29) is 0 Å². The Balaban J connectivity index is 2.13. The first-order valence-corrected chi connectivity index (χ1v) is 5.78. The highest BCUT2D eigenvalue weighted by Crippen LogP contribution is 2.28. The Kier molecular flexibility index (Phi) is 3.91. The van der Waals surface area contributed by atoms with Crippen molar-refractivity contribution in [2.24, 2.45) is 5.92 Å². The molecule has 1 aliphatic rings. The van der Waals surface area contributed by atoms with E-state index in [2.05, 4.69) is 32.5 Å². The molecular formula is C10H20OS. The topological polar surface area (TPSA) is 9.23 Å². The molecule has 0 aromatic rings. The van der Waals surface area contributed by atoms with Gasteiger partial charge in [-0.2, -0.15) is 11.8 Å². The second-order valence-corrected chi connectivity index (χ2v) is 6.35. The van der Waals surface area contributed by atoms with Gasteiger partial charge in [0.25, 0.3) is 0 Å². The van der Waals surface area contributed by atoms with E-state index in [1.165, 1.54) is 18.6 Å². The van der Waals surface area contributed by atoms with Crippen LogP contribution in [-0.4, -0.2) is 23.7 Å². The fourth-order valence-electron chi connectivity index (χ4n) is 1.31. The van der Waals surface area contributed by atoms with Crippen LogP contribution in [0.2, 0.25) is 0 Å². The van der Waals surface area contributed by atoms with Gasteiger partial charge in [0.05, 0.1) is 6.61 Å². The van der Waals surface area contributed by atoms with Crippen molar-refractivity contribution in [3.63, 3.8) is 0 Å². The van der Waals surface area contributed by atoms with E-state index in [1.54, 1.807) is 0 Å². The fraction of sp³-hybridized carbons (Fsp3) is 1.00. The summed E-state index contributed by atoms with van der Waals surface area (Å²) in [5.74, 6) is 2.08. The van der Waals surface area contributed by atoms with Crippen molar-refractivity contribution in [3.05, 3.63) is 0 Å². The van der Waals surface area contributed by atoms with E-state index in [1.807, 2.05) is 0 Å². The average Bonchev–Trinajstić information content (AvgIpc) is 2.02. The summed E-state index contributed by atoms with van der Waals surface area (Å²) in [6.07, 6.45) is 2.62. The third kappa shape index (κ3) is 4.36. The van der Waals surface area contributed by atoms with Crippen LogP contribution in [0.5, 0.6) is 0 Å². The van der Waals surface area contributed by atoms with Crippen molar-refractivity contribution >= 4 is 11.8 Å². The summed E-state index contributed by atoms with van der Waals surface area (Å²) in [6.45, 7) is 8.81. The summed E-state index contributed by atoms with van der Waals surface area (Å²) in [6, 6.07) is 0. The first-order chi connectivity index (χ1) is 5.58. The van der Waals surface area contributed by atoms with E-state index >= 15 is 0 Å². The molecule has 1 heterocycles. The molecule has 2 heteroatoms. The maximum absolute atomic E-state index is 5.43. The van der Waals surface area contributed by atoms with Crippen molar-refractivity contribution in [3.8, 4) is 0 Å². The maximum atomic E-state index is 5.43. The minimum absolute atomic E-state index is 0.414. The molecule has 0 saturated carbocycles. The molecule has 1 fully saturated rings. The van der Waals surface area contributed by atoms with Crippen molar-refractivity contribution < 1.29 is 4.74 Å². The minimum Gasteiger partial charge on any atom is -0.381 e. The van der Waals surface area contributed by atoms with Crippen LogP contribution < -0.4 is 0 Å². The quantitative estimate of drug-likeness (QED) is 0.659. The molecule has 0 radical (unpaired) electrons. The third-order valence-electron chi connectivity index (χ3n) is 2.01. The van der Waals surface area contributed by atoms with Gasteiger partial charge in [-0.3, -0.25) is 0 Å². The third-order valence-corrected chi connectivity index (χ3v) is 3.51. The molecule has 1 saturated heterocycles. The number of thioether (sulfide) groups is 1. The van der Waals surface area contributed by atoms with E-state index in [9.17, 15) is 0 Å². The summed E-state index contributed by atoms with van der Waals surface area (Å²) in [5, 5.41) is 0. The molecule has 1 unspecified atom stereocenters. The van der Waals surface area contributed by atoms with Crippen molar-refractivity contribution in [1.82, 2.24) is 0 Å². The first kappa shape index (κ1) is 10.4. The first-order valence-electron chi connectivity index (χ1n) is 4.79. The second kappa shape index (κ2) is 4.52. The van der Waals surface area contributed by atoms with Gasteiger partial charge in [0.2, 0.25) is 0 Å². The van der Waals surface area contributed by atoms with E-state index < -0.39 is 0 Å². The molecule has 0 aromatic carbocycles. The fourth-order valence-corrected chi connectivity index (χ4v) is 2.31. The Morgan fingerprint density at radius 3 is 2.67 bits per heavy atom. The minimum atomic E-state index is 0.414. The van der Waals surface area contributed by atoms with E-state index in [0.717, 1.165) is 19.1 Å². The SMILES string of the molecule is CC(C)(C)SCC1CCCOC1. The van der Waals surface area contributed by atoms with Crippen LogP contribution in [0, 0.1) is 5.92 Å². The Labute approximate surface area is 80.3 Å². The number of rotatable bonds is 2. The Hall–Kier alpha value is 0.310. The molecule has 0 N–H and O–H groups in total. The normalized spacial score (nSPS) is 25.8. The van der Waals surface area contributed by atoms with Crippen molar-refractivity contribution in [2.45, 2.75) is 38.4 Å². The number of ether oxygens (including phenoxy) is 1. The van der Waals surface area contributed by atoms with Crippen LogP contribution in [0.3, 0.4) is 0 Å². The summed E-state index contributed by atoms with van der Waals surface area (Å²) in [4.78, 5) is 0. The zero-order chi connectivity index (χ0) is 9.03.